The van der Waals surface area contributed by atoms with E-state index in [9.17, 15) is 18.0 Å². The average Bonchev–Trinajstić information content (AvgIpc) is 2.77. The lowest BCUT2D eigenvalue weighted by Gasteiger charge is -2.23. The van der Waals surface area contributed by atoms with E-state index in [0.717, 1.165) is 37.3 Å². The minimum Gasteiger partial charge on any atom is -0.363 e. The predicted molar refractivity (Wildman–Crippen MR) is 114 cm³/mol. The summed E-state index contributed by atoms with van der Waals surface area (Å²) in [5.41, 5.74) is 0.650. The van der Waals surface area contributed by atoms with Crippen molar-refractivity contribution in [2.45, 2.75) is 57.4 Å². The number of nitrogens with one attached hydrogen (secondary N) is 1. The maximum Gasteiger partial charge on any atom is 0.266 e. The number of hydrogen-bond donors (Lipinski definition) is 1. The molecule has 1 aromatic carbocycles. The van der Waals surface area contributed by atoms with Crippen LogP contribution in [0.3, 0.4) is 0 Å². The van der Waals surface area contributed by atoms with Crippen molar-refractivity contribution in [3.8, 4) is 0 Å². The zero-order valence-electron chi connectivity index (χ0n) is 17.5. The van der Waals surface area contributed by atoms with Gasteiger partial charge in [0, 0.05) is 18.2 Å². The molecule has 1 fully saturated rings. The Morgan fingerprint density at radius 1 is 1.13 bits per heavy atom. The van der Waals surface area contributed by atoms with Gasteiger partial charge in [0.05, 0.1) is 17.0 Å². The van der Waals surface area contributed by atoms with Gasteiger partial charge in [-0.05, 0) is 31.7 Å². The topological polar surface area (TPSA) is 59.8 Å². The zero-order chi connectivity index (χ0) is 22.1. The van der Waals surface area contributed by atoms with Crippen molar-refractivity contribution in [1.29, 1.82) is 0 Å². The Morgan fingerprint density at radius 3 is 2.55 bits per heavy atom. The molecule has 0 aliphatic heterocycles. The Hall–Kier alpha value is -2.90. The molecular weight excluding hydrogens is 405 g/mol. The molecule has 0 amide bonds. The fourth-order valence-corrected chi connectivity index (χ4v) is 4.47. The van der Waals surface area contributed by atoms with Crippen LogP contribution in [-0.4, -0.2) is 14.5 Å². The van der Waals surface area contributed by atoms with Crippen LogP contribution >= 0.6 is 0 Å². The molecule has 0 bridgehead atoms. The average molecular weight is 430 g/mol. The molecule has 1 atom stereocenters. The third-order valence-corrected chi connectivity index (χ3v) is 6.19. The van der Waals surface area contributed by atoms with Crippen molar-refractivity contribution in [2.24, 2.45) is 7.05 Å². The van der Waals surface area contributed by atoms with E-state index in [0.29, 0.717) is 16.9 Å². The number of alkyl halides is 2. The molecule has 1 saturated carbocycles. The van der Waals surface area contributed by atoms with Gasteiger partial charge in [-0.15, -0.1) is 0 Å². The Kier molecular flexibility index (Phi) is 5.98. The zero-order valence-corrected chi connectivity index (χ0v) is 17.5. The fraction of sp³-hybridized carbons (Fsp3) is 0.435. The van der Waals surface area contributed by atoms with Gasteiger partial charge in [-0.2, -0.15) is 0 Å². The minimum atomic E-state index is -2.89. The summed E-state index contributed by atoms with van der Waals surface area (Å²) in [5, 5.41) is 3.79. The van der Waals surface area contributed by atoms with E-state index in [4.69, 9.17) is 0 Å². The number of nitrogens with zero attached hydrogens (tertiary/aromatic N) is 3. The van der Waals surface area contributed by atoms with Crippen LogP contribution in [0.25, 0.3) is 11.0 Å². The SMILES string of the molecule is C[C@@H](Nc1ncnc2c1cc(C1CCCCC1)c(=O)n2C)c1cccc(C(F)F)c1F. The van der Waals surface area contributed by atoms with Crippen molar-refractivity contribution in [3.05, 3.63) is 63.5 Å². The molecule has 3 aromatic rings. The molecule has 2 heterocycles. The Balaban J connectivity index is 1.75. The molecule has 4 rings (SSSR count). The number of halogens is 3. The number of benzene rings is 1. The normalized spacial score (nSPS) is 16.1. The number of anilines is 1. The molecule has 31 heavy (non-hydrogen) atoms. The Morgan fingerprint density at radius 2 is 1.84 bits per heavy atom. The van der Waals surface area contributed by atoms with E-state index in [1.807, 2.05) is 6.07 Å². The second-order valence-electron chi connectivity index (χ2n) is 8.18. The fourth-order valence-electron chi connectivity index (χ4n) is 4.47. The monoisotopic (exact) mass is 430 g/mol. The van der Waals surface area contributed by atoms with E-state index in [2.05, 4.69) is 15.3 Å². The van der Waals surface area contributed by atoms with Crippen molar-refractivity contribution >= 4 is 16.9 Å². The highest BCUT2D eigenvalue weighted by Gasteiger charge is 2.23. The molecular formula is C23H25F3N4O. The number of hydrogen-bond acceptors (Lipinski definition) is 4. The molecule has 1 aliphatic rings. The summed E-state index contributed by atoms with van der Waals surface area (Å²) in [5.74, 6) is -0.291. The van der Waals surface area contributed by atoms with Crippen LogP contribution in [0, 0.1) is 5.82 Å². The quantitative estimate of drug-likeness (QED) is 0.570. The number of pyridine rings is 1. The molecule has 0 saturated heterocycles. The third kappa shape index (κ3) is 4.03. The van der Waals surface area contributed by atoms with Crippen molar-refractivity contribution in [3.63, 3.8) is 0 Å². The second-order valence-corrected chi connectivity index (χ2v) is 8.18. The molecule has 164 valence electrons. The first-order valence-electron chi connectivity index (χ1n) is 10.6. The van der Waals surface area contributed by atoms with E-state index in [1.165, 1.54) is 29.4 Å². The van der Waals surface area contributed by atoms with E-state index < -0.39 is 23.8 Å². The summed E-state index contributed by atoms with van der Waals surface area (Å²) >= 11 is 0. The second kappa shape index (κ2) is 8.69. The summed E-state index contributed by atoms with van der Waals surface area (Å²) in [6.07, 6.45) is 3.76. The summed E-state index contributed by atoms with van der Waals surface area (Å²) in [4.78, 5) is 21.5. The highest BCUT2D eigenvalue weighted by molar-refractivity contribution is 5.87. The van der Waals surface area contributed by atoms with Crippen molar-refractivity contribution in [1.82, 2.24) is 14.5 Å². The number of fused-ring (bicyclic) bond motifs is 1. The largest absolute Gasteiger partial charge is 0.363 e. The molecule has 5 nitrogen and oxygen atoms in total. The molecule has 0 spiro atoms. The highest BCUT2D eigenvalue weighted by Crippen LogP contribution is 2.34. The summed E-state index contributed by atoms with van der Waals surface area (Å²) in [6, 6.07) is 5.20. The van der Waals surface area contributed by atoms with Gasteiger partial charge in [0.2, 0.25) is 0 Å². The van der Waals surface area contributed by atoms with Crippen LogP contribution in [0.4, 0.5) is 19.0 Å². The predicted octanol–water partition coefficient (Wildman–Crippen LogP) is 5.63. The maximum atomic E-state index is 14.6. The lowest BCUT2D eigenvalue weighted by atomic mass is 9.84. The summed E-state index contributed by atoms with van der Waals surface area (Å²) in [7, 11) is 1.68. The molecule has 2 aromatic heterocycles. The van der Waals surface area contributed by atoms with Gasteiger partial charge in [0.1, 0.15) is 23.6 Å². The van der Waals surface area contributed by atoms with Gasteiger partial charge in [0.15, 0.2) is 0 Å². The van der Waals surface area contributed by atoms with Crippen LogP contribution in [0.1, 0.15) is 74.1 Å². The van der Waals surface area contributed by atoms with E-state index >= 15 is 0 Å². The van der Waals surface area contributed by atoms with Crippen molar-refractivity contribution in [2.75, 3.05) is 5.32 Å². The van der Waals surface area contributed by atoms with Gasteiger partial charge in [-0.1, -0.05) is 37.5 Å². The van der Waals surface area contributed by atoms with Gasteiger partial charge in [-0.3, -0.25) is 9.36 Å². The van der Waals surface area contributed by atoms with E-state index in [-0.39, 0.29) is 17.0 Å². The number of aryl methyl sites for hydroxylation is 1. The third-order valence-electron chi connectivity index (χ3n) is 6.19. The Labute approximate surface area is 178 Å². The summed E-state index contributed by atoms with van der Waals surface area (Å²) in [6.45, 7) is 1.69. The van der Waals surface area contributed by atoms with Crippen LogP contribution < -0.4 is 10.9 Å². The highest BCUT2D eigenvalue weighted by atomic mass is 19.3. The first-order chi connectivity index (χ1) is 14.9. The lowest BCUT2D eigenvalue weighted by molar-refractivity contribution is 0.146. The van der Waals surface area contributed by atoms with Gasteiger partial charge in [-0.25, -0.2) is 23.1 Å². The van der Waals surface area contributed by atoms with Crippen LogP contribution in [-0.2, 0) is 7.05 Å². The standard InChI is InChI=1S/C23H25F3N4O/c1-13(15-9-6-10-16(19(15)24)20(25)26)29-21-18-11-17(14-7-4-3-5-8-14)23(31)30(2)22(18)28-12-27-21/h6,9-14,20H,3-5,7-8H2,1-2H3,(H,27,28,29)/t13-/m1/s1. The molecule has 8 heteroatoms. The maximum absolute atomic E-state index is 14.6. The van der Waals surface area contributed by atoms with Gasteiger partial charge < -0.3 is 5.32 Å². The smallest absolute Gasteiger partial charge is 0.266 e. The first-order valence-corrected chi connectivity index (χ1v) is 10.6. The Bertz CT molecular complexity index is 1160. The van der Waals surface area contributed by atoms with Crippen LogP contribution in [0.2, 0.25) is 0 Å². The first kappa shape index (κ1) is 21.3. The molecule has 0 radical (unpaired) electrons. The minimum absolute atomic E-state index is 0.0622. The van der Waals surface area contributed by atoms with Gasteiger partial charge >= 0.3 is 0 Å². The number of rotatable bonds is 5. The molecule has 1 N–H and O–H groups in total. The van der Waals surface area contributed by atoms with E-state index in [1.54, 1.807) is 14.0 Å². The summed E-state index contributed by atoms with van der Waals surface area (Å²) < 4.78 is 42.3. The number of aromatic nitrogens is 3. The van der Waals surface area contributed by atoms with Crippen LogP contribution in [0.15, 0.2) is 35.4 Å². The van der Waals surface area contributed by atoms with Gasteiger partial charge in [0.25, 0.3) is 12.0 Å². The van der Waals surface area contributed by atoms with Crippen molar-refractivity contribution < 1.29 is 13.2 Å². The molecule has 0 unspecified atom stereocenters. The van der Waals surface area contributed by atoms with Crippen LogP contribution in [0.5, 0.6) is 0 Å². The molecule has 1 aliphatic carbocycles. The lowest BCUT2D eigenvalue weighted by Crippen LogP contribution is -2.25.